The summed E-state index contributed by atoms with van der Waals surface area (Å²) in [6.07, 6.45) is 7.91. The lowest BCUT2D eigenvalue weighted by atomic mass is 9.95. The summed E-state index contributed by atoms with van der Waals surface area (Å²) in [5.41, 5.74) is 2.24. The van der Waals surface area contributed by atoms with Crippen molar-refractivity contribution in [2.75, 3.05) is 0 Å². The molecule has 1 aliphatic rings. The summed E-state index contributed by atoms with van der Waals surface area (Å²) in [5, 5.41) is 0. The van der Waals surface area contributed by atoms with Crippen molar-refractivity contribution in [2.45, 2.75) is 32.7 Å². The smallest absolute Gasteiger partial charge is 0.222 e. The van der Waals surface area contributed by atoms with Crippen molar-refractivity contribution in [3.05, 3.63) is 66.3 Å². The lowest BCUT2D eigenvalue weighted by Gasteiger charge is -2.22. The highest BCUT2D eigenvalue weighted by atomic mass is 16.5. The molecule has 0 spiro atoms. The van der Waals surface area contributed by atoms with Gasteiger partial charge in [0.2, 0.25) is 5.90 Å². The number of benzene rings is 1. The van der Waals surface area contributed by atoms with E-state index >= 15 is 0 Å². The van der Waals surface area contributed by atoms with E-state index in [1.807, 2.05) is 55.5 Å². The van der Waals surface area contributed by atoms with Crippen LogP contribution in [-0.4, -0.2) is 11.9 Å². The van der Waals surface area contributed by atoms with Gasteiger partial charge in [0, 0.05) is 5.57 Å². The van der Waals surface area contributed by atoms with Crippen LogP contribution in [0, 0.1) is 0 Å². The van der Waals surface area contributed by atoms with Crippen molar-refractivity contribution in [3.63, 3.8) is 0 Å². The number of aliphatic imine (C=N–C) groups is 1. The number of hydrogen-bond donors (Lipinski definition) is 0. The molecular weight excluding hydrogens is 246 g/mol. The Morgan fingerprint density at radius 3 is 2.70 bits per heavy atom. The van der Waals surface area contributed by atoms with E-state index in [9.17, 15) is 0 Å². The van der Waals surface area contributed by atoms with E-state index in [-0.39, 0.29) is 6.04 Å². The van der Waals surface area contributed by atoms with Crippen LogP contribution in [0.4, 0.5) is 0 Å². The van der Waals surface area contributed by atoms with Gasteiger partial charge in [0.05, 0.1) is 6.04 Å². The molecule has 20 heavy (non-hydrogen) atoms. The Morgan fingerprint density at radius 2 is 2.10 bits per heavy atom. The number of ether oxygens (including phenoxy) is 1. The molecule has 1 heterocycles. The van der Waals surface area contributed by atoms with E-state index in [1.165, 1.54) is 5.57 Å². The first-order chi connectivity index (χ1) is 9.78. The van der Waals surface area contributed by atoms with Crippen molar-refractivity contribution < 1.29 is 4.74 Å². The highest BCUT2D eigenvalue weighted by Crippen LogP contribution is 2.26. The van der Waals surface area contributed by atoms with Gasteiger partial charge in [-0.15, -0.1) is 0 Å². The molecule has 0 bridgehead atoms. The zero-order valence-corrected chi connectivity index (χ0v) is 12.2. The minimum Gasteiger partial charge on any atom is -0.439 e. The van der Waals surface area contributed by atoms with Crippen LogP contribution in [0.5, 0.6) is 5.75 Å². The average Bonchev–Trinajstić information content (AvgIpc) is 2.50. The van der Waals surface area contributed by atoms with E-state index in [2.05, 4.69) is 13.5 Å². The Labute approximate surface area is 121 Å². The predicted molar refractivity (Wildman–Crippen MR) is 85.2 cm³/mol. The van der Waals surface area contributed by atoms with Crippen LogP contribution < -0.4 is 4.74 Å². The minimum atomic E-state index is 0.274. The maximum Gasteiger partial charge on any atom is 0.222 e. The zero-order valence-electron chi connectivity index (χ0n) is 12.2. The first kappa shape index (κ1) is 14.3. The van der Waals surface area contributed by atoms with E-state index in [1.54, 1.807) is 0 Å². The van der Waals surface area contributed by atoms with Gasteiger partial charge in [-0.1, -0.05) is 49.9 Å². The van der Waals surface area contributed by atoms with Gasteiger partial charge in [-0.25, -0.2) is 4.99 Å². The maximum absolute atomic E-state index is 5.98. The van der Waals surface area contributed by atoms with Crippen LogP contribution in [0.25, 0.3) is 0 Å². The molecule has 2 rings (SSSR count). The summed E-state index contributed by atoms with van der Waals surface area (Å²) in [6.45, 7) is 8.07. The second-order valence-corrected chi connectivity index (χ2v) is 4.76. The van der Waals surface area contributed by atoms with Crippen LogP contribution in [0.3, 0.4) is 0 Å². The molecule has 1 aliphatic heterocycles. The summed E-state index contributed by atoms with van der Waals surface area (Å²) in [6, 6.07) is 10.1. The molecule has 0 amide bonds. The van der Waals surface area contributed by atoms with E-state index in [0.717, 1.165) is 24.2 Å². The fourth-order valence-corrected chi connectivity index (χ4v) is 2.24. The molecule has 104 valence electrons. The maximum atomic E-state index is 5.98. The van der Waals surface area contributed by atoms with E-state index < -0.39 is 0 Å². The molecule has 2 heteroatoms. The van der Waals surface area contributed by atoms with Crippen molar-refractivity contribution in [3.8, 4) is 5.75 Å². The molecule has 0 aromatic heterocycles. The minimum absolute atomic E-state index is 0.274. The largest absolute Gasteiger partial charge is 0.439 e. The molecule has 1 atom stereocenters. The van der Waals surface area contributed by atoms with Crippen LogP contribution in [0.2, 0.25) is 0 Å². The third-order valence-corrected chi connectivity index (χ3v) is 3.34. The van der Waals surface area contributed by atoms with Crippen LogP contribution >= 0.6 is 0 Å². The summed E-state index contributed by atoms with van der Waals surface area (Å²) < 4.78 is 5.98. The van der Waals surface area contributed by atoms with Crippen LogP contribution in [0.1, 0.15) is 26.7 Å². The first-order valence-electron chi connectivity index (χ1n) is 7.07. The highest BCUT2D eigenvalue weighted by Gasteiger charge is 2.21. The molecule has 0 saturated heterocycles. The molecule has 0 fully saturated rings. The Bertz CT molecular complexity index is 552. The quantitative estimate of drug-likeness (QED) is 0.774. The number of nitrogens with zero attached hydrogens (tertiary/aromatic N) is 1. The van der Waals surface area contributed by atoms with Gasteiger partial charge in [-0.2, -0.15) is 0 Å². The fraction of sp³-hybridized carbons (Fsp3) is 0.278. The molecule has 1 unspecified atom stereocenters. The molecule has 2 nitrogen and oxygen atoms in total. The SMILES string of the molecule is C=CC1=C(C=CC)C(Oc2ccccc2)=NC(CC)C1. The third-order valence-electron chi connectivity index (χ3n) is 3.34. The number of allylic oxidation sites excluding steroid dienone is 2. The van der Waals surface area contributed by atoms with Gasteiger partial charge < -0.3 is 4.74 Å². The first-order valence-corrected chi connectivity index (χ1v) is 7.07. The van der Waals surface area contributed by atoms with Crippen molar-refractivity contribution in [2.24, 2.45) is 4.99 Å². The van der Waals surface area contributed by atoms with Crippen LogP contribution in [0.15, 0.2) is 71.3 Å². The molecule has 0 radical (unpaired) electrons. The standard InChI is InChI=1S/C18H21NO/c1-4-10-17-14(5-2)13-15(6-3)19-18(17)20-16-11-8-7-9-12-16/h4-5,7-12,15H,2,6,13H2,1,3H3. The van der Waals surface area contributed by atoms with Gasteiger partial charge in [0.25, 0.3) is 0 Å². The van der Waals surface area contributed by atoms with Crippen molar-refractivity contribution >= 4 is 5.90 Å². The van der Waals surface area contributed by atoms with E-state index in [0.29, 0.717) is 5.90 Å². The average molecular weight is 267 g/mol. The van der Waals surface area contributed by atoms with E-state index in [4.69, 9.17) is 9.73 Å². The molecule has 1 aromatic rings. The molecule has 0 saturated carbocycles. The van der Waals surface area contributed by atoms with Gasteiger partial charge in [-0.05, 0) is 37.5 Å². The molecule has 1 aromatic carbocycles. The summed E-state index contributed by atoms with van der Waals surface area (Å²) in [7, 11) is 0. The van der Waals surface area contributed by atoms with Gasteiger partial charge in [0.15, 0.2) is 0 Å². The number of dihydropyridines is 1. The Balaban J connectivity index is 2.36. The molecular formula is C18H21NO. The second-order valence-electron chi connectivity index (χ2n) is 4.76. The Morgan fingerprint density at radius 1 is 1.35 bits per heavy atom. The van der Waals surface area contributed by atoms with Gasteiger partial charge in [0.1, 0.15) is 5.75 Å². The van der Waals surface area contributed by atoms with Crippen LogP contribution in [-0.2, 0) is 0 Å². The second kappa shape index (κ2) is 6.90. The lowest BCUT2D eigenvalue weighted by Crippen LogP contribution is -2.22. The predicted octanol–water partition coefficient (Wildman–Crippen LogP) is 4.70. The number of para-hydroxylation sites is 1. The highest BCUT2D eigenvalue weighted by molar-refractivity contribution is 5.99. The van der Waals surface area contributed by atoms with Gasteiger partial charge >= 0.3 is 0 Å². The normalized spacial score (nSPS) is 19.1. The topological polar surface area (TPSA) is 21.6 Å². The monoisotopic (exact) mass is 267 g/mol. The lowest BCUT2D eigenvalue weighted by molar-refractivity contribution is 0.522. The molecule has 0 aliphatic carbocycles. The number of hydrogen-bond acceptors (Lipinski definition) is 2. The fourth-order valence-electron chi connectivity index (χ4n) is 2.24. The zero-order chi connectivity index (χ0) is 14.4. The number of rotatable bonds is 4. The molecule has 0 N–H and O–H groups in total. The van der Waals surface area contributed by atoms with Gasteiger partial charge in [-0.3, -0.25) is 0 Å². The van der Waals surface area contributed by atoms with Crippen molar-refractivity contribution in [1.82, 2.24) is 0 Å². The third kappa shape index (κ3) is 3.27. The summed E-state index contributed by atoms with van der Waals surface area (Å²) in [4.78, 5) is 4.73. The Kier molecular flexibility index (Phi) is 4.94. The summed E-state index contributed by atoms with van der Waals surface area (Å²) in [5.74, 6) is 1.51. The Hall–Kier alpha value is -2.09. The summed E-state index contributed by atoms with van der Waals surface area (Å²) >= 11 is 0. The van der Waals surface area contributed by atoms with Crippen molar-refractivity contribution in [1.29, 1.82) is 0 Å².